The molecule has 0 spiro atoms. The smallest absolute Gasteiger partial charge is 0.244 e. The number of nitrogens with two attached hydrogens (primary N) is 1. The van der Waals surface area contributed by atoms with Gasteiger partial charge in [-0.3, -0.25) is 4.79 Å². The quantitative estimate of drug-likeness (QED) is 0.897. The van der Waals surface area contributed by atoms with Gasteiger partial charge in [0.15, 0.2) is 0 Å². The van der Waals surface area contributed by atoms with Crippen molar-refractivity contribution in [3.8, 4) is 0 Å². The van der Waals surface area contributed by atoms with Gasteiger partial charge in [0.25, 0.3) is 0 Å². The van der Waals surface area contributed by atoms with Crippen molar-refractivity contribution in [3.63, 3.8) is 0 Å². The first-order chi connectivity index (χ1) is 12.6. The summed E-state index contributed by atoms with van der Waals surface area (Å²) in [4.78, 5) is 16.8. The van der Waals surface area contributed by atoms with E-state index in [1.54, 1.807) is 4.90 Å². The van der Waals surface area contributed by atoms with Gasteiger partial charge in [-0.15, -0.1) is 0 Å². The third kappa shape index (κ3) is 4.23. The number of carbonyl (C=O) groups is 1. The Morgan fingerprint density at radius 1 is 1.15 bits per heavy atom. The van der Waals surface area contributed by atoms with Crippen molar-refractivity contribution in [2.45, 2.75) is 19.5 Å². The fourth-order valence-corrected chi connectivity index (χ4v) is 3.24. The fourth-order valence-electron chi connectivity index (χ4n) is 3.24. The van der Waals surface area contributed by atoms with E-state index in [1.807, 2.05) is 50.4 Å². The minimum Gasteiger partial charge on any atom is -0.378 e. The number of para-hydroxylation sites is 1. The second kappa shape index (κ2) is 8.34. The third-order valence-electron chi connectivity index (χ3n) is 4.83. The molecular formula is C21H27N3O2. The lowest BCUT2D eigenvalue weighted by Gasteiger charge is -2.31. The number of morpholine rings is 1. The van der Waals surface area contributed by atoms with E-state index in [2.05, 4.69) is 17.0 Å². The summed E-state index contributed by atoms with van der Waals surface area (Å²) in [5.74, 6) is -0.0781. The molecule has 5 heteroatoms. The Labute approximate surface area is 155 Å². The van der Waals surface area contributed by atoms with Crippen molar-refractivity contribution in [1.82, 2.24) is 4.90 Å². The molecule has 1 unspecified atom stereocenters. The van der Waals surface area contributed by atoms with E-state index < -0.39 is 6.04 Å². The Morgan fingerprint density at radius 3 is 2.50 bits per heavy atom. The van der Waals surface area contributed by atoms with E-state index in [-0.39, 0.29) is 5.91 Å². The van der Waals surface area contributed by atoms with Crippen LogP contribution in [0.2, 0.25) is 0 Å². The molecule has 1 amide bonds. The van der Waals surface area contributed by atoms with E-state index in [0.29, 0.717) is 6.54 Å². The molecule has 2 aromatic carbocycles. The van der Waals surface area contributed by atoms with Crippen molar-refractivity contribution in [3.05, 3.63) is 65.2 Å². The SMILES string of the molecule is Cc1ccc(C(N)C(=O)N(C)Cc2ccccc2N2CCOCC2)cc1. The van der Waals surface area contributed by atoms with Crippen LogP contribution in [0.5, 0.6) is 0 Å². The monoisotopic (exact) mass is 353 g/mol. The van der Waals surface area contributed by atoms with Gasteiger partial charge in [0.2, 0.25) is 5.91 Å². The predicted molar refractivity (Wildman–Crippen MR) is 104 cm³/mol. The molecule has 138 valence electrons. The molecule has 0 aromatic heterocycles. The Hall–Kier alpha value is -2.37. The molecule has 0 saturated carbocycles. The number of hydrogen-bond acceptors (Lipinski definition) is 4. The summed E-state index contributed by atoms with van der Waals surface area (Å²) < 4.78 is 5.45. The van der Waals surface area contributed by atoms with Gasteiger partial charge in [0.05, 0.1) is 13.2 Å². The third-order valence-corrected chi connectivity index (χ3v) is 4.83. The number of carbonyl (C=O) groups excluding carboxylic acids is 1. The van der Waals surface area contributed by atoms with Crippen LogP contribution in [-0.2, 0) is 16.1 Å². The number of benzene rings is 2. The maximum absolute atomic E-state index is 12.8. The molecule has 0 bridgehead atoms. The van der Waals surface area contributed by atoms with Crippen LogP contribution in [0.25, 0.3) is 0 Å². The zero-order valence-corrected chi connectivity index (χ0v) is 15.5. The lowest BCUT2D eigenvalue weighted by molar-refractivity contribution is -0.131. The van der Waals surface area contributed by atoms with Gasteiger partial charge in [0, 0.05) is 32.4 Å². The van der Waals surface area contributed by atoms with Gasteiger partial charge in [-0.05, 0) is 24.1 Å². The zero-order valence-electron chi connectivity index (χ0n) is 15.5. The number of ether oxygens (including phenoxy) is 1. The maximum atomic E-state index is 12.8. The average molecular weight is 353 g/mol. The van der Waals surface area contributed by atoms with E-state index >= 15 is 0 Å². The van der Waals surface area contributed by atoms with E-state index in [9.17, 15) is 4.79 Å². The van der Waals surface area contributed by atoms with Gasteiger partial charge in [-0.1, -0.05) is 48.0 Å². The maximum Gasteiger partial charge on any atom is 0.244 e. The fraction of sp³-hybridized carbons (Fsp3) is 0.381. The van der Waals surface area contributed by atoms with Crippen molar-refractivity contribution in [2.75, 3.05) is 38.3 Å². The molecule has 1 aliphatic heterocycles. The van der Waals surface area contributed by atoms with Crippen LogP contribution in [0.15, 0.2) is 48.5 Å². The summed E-state index contributed by atoms with van der Waals surface area (Å²) >= 11 is 0. The Balaban J connectivity index is 1.72. The van der Waals surface area contributed by atoms with Crippen molar-refractivity contribution < 1.29 is 9.53 Å². The summed E-state index contributed by atoms with van der Waals surface area (Å²) in [7, 11) is 1.81. The largest absolute Gasteiger partial charge is 0.378 e. The topological polar surface area (TPSA) is 58.8 Å². The zero-order chi connectivity index (χ0) is 18.5. The molecule has 1 fully saturated rings. The summed E-state index contributed by atoms with van der Waals surface area (Å²) in [5, 5.41) is 0. The Bertz CT molecular complexity index is 739. The molecule has 1 aliphatic rings. The van der Waals surface area contributed by atoms with Gasteiger partial charge >= 0.3 is 0 Å². The molecule has 2 aromatic rings. The van der Waals surface area contributed by atoms with Crippen LogP contribution >= 0.6 is 0 Å². The van der Waals surface area contributed by atoms with Gasteiger partial charge < -0.3 is 20.3 Å². The predicted octanol–water partition coefficient (Wildman–Crippen LogP) is 2.49. The number of aryl methyl sites for hydroxylation is 1. The van der Waals surface area contributed by atoms with Crippen LogP contribution < -0.4 is 10.6 Å². The highest BCUT2D eigenvalue weighted by molar-refractivity contribution is 5.83. The number of likely N-dealkylation sites (N-methyl/N-ethyl adjacent to an activating group) is 1. The lowest BCUT2D eigenvalue weighted by Crippen LogP contribution is -2.38. The molecule has 1 heterocycles. The summed E-state index contributed by atoms with van der Waals surface area (Å²) in [6.45, 7) is 5.77. The molecule has 3 rings (SSSR count). The molecular weight excluding hydrogens is 326 g/mol. The van der Waals surface area contributed by atoms with Crippen LogP contribution in [0.1, 0.15) is 22.7 Å². The second-order valence-corrected chi connectivity index (χ2v) is 6.81. The summed E-state index contributed by atoms with van der Waals surface area (Å²) in [5.41, 5.74) is 10.5. The number of hydrogen-bond donors (Lipinski definition) is 1. The first-order valence-electron chi connectivity index (χ1n) is 9.04. The molecule has 1 saturated heterocycles. The standard InChI is InChI=1S/C21H27N3O2/c1-16-7-9-17(10-8-16)20(22)21(25)23(2)15-18-5-3-4-6-19(18)24-11-13-26-14-12-24/h3-10,20H,11-15,22H2,1-2H3. The molecule has 1 atom stereocenters. The first-order valence-corrected chi connectivity index (χ1v) is 9.04. The average Bonchev–Trinajstić information content (AvgIpc) is 2.68. The molecule has 26 heavy (non-hydrogen) atoms. The normalized spacial score (nSPS) is 15.6. The minimum absolute atomic E-state index is 0.0781. The van der Waals surface area contributed by atoms with E-state index in [4.69, 9.17) is 10.5 Å². The van der Waals surface area contributed by atoms with Gasteiger partial charge in [-0.2, -0.15) is 0 Å². The number of anilines is 1. The molecule has 0 aliphatic carbocycles. The Kier molecular flexibility index (Phi) is 5.91. The van der Waals surface area contributed by atoms with Crippen LogP contribution in [0.3, 0.4) is 0 Å². The van der Waals surface area contributed by atoms with Crippen LogP contribution in [-0.4, -0.2) is 44.2 Å². The molecule has 2 N–H and O–H groups in total. The van der Waals surface area contributed by atoms with E-state index in [1.165, 1.54) is 5.69 Å². The van der Waals surface area contributed by atoms with Gasteiger partial charge in [-0.25, -0.2) is 0 Å². The number of nitrogens with zero attached hydrogens (tertiary/aromatic N) is 2. The van der Waals surface area contributed by atoms with Crippen LogP contribution in [0.4, 0.5) is 5.69 Å². The first kappa shape index (κ1) is 18.4. The molecule has 5 nitrogen and oxygen atoms in total. The van der Waals surface area contributed by atoms with Crippen molar-refractivity contribution in [2.24, 2.45) is 5.73 Å². The van der Waals surface area contributed by atoms with E-state index in [0.717, 1.165) is 43.0 Å². The highest BCUT2D eigenvalue weighted by atomic mass is 16.5. The highest BCUT2D eigenvalue weighted by Gasteiger charge is 2.22. The van der Waals surface area contributed by atoms with Crippen LogP contribution in [0, 0.1) is 6.92 Å². The number of rotatable bonds is 5. The van der Waals surface area contributed by atoms with Crippen molar-refractivity contribution in [1.29, 1.82) is 0 Å². The second-order valence-electron chi connectivity index (χ2n) is 6.81. The highest BCUT2D eigenvalue weighted by Crippen LogP contribution is 2.23. The van der Waals surface area contributed by atoms with Crippen molar-refractivity contribution >= 4 is 11.6 Å². The van der Waals surface area contributed by atoms with Gasteiger partial charge in [0.1, 0.15) is 6.04 Å². The minimum atomic E-state index is -0.642. The lowest BCUT2D eigenvalue weighted by atomic mass is 10.0. The Morgan fingerprint density at radius 2 is 1.81 bits per heavy atom. The summed E-state index contributed by atoms with van der Waals surface area (Å²) in [6, 6.07) is 15.4. The number of amides is 1. The molecule has 0 radical (unpaired) electrons. The summed E-state index contributed by atoms with van der Waals surface area (Å²) in [6.07, 6.45) is 0.